The van der Waals surface area contributed by atoms with E-state index in [2.05, 4.69) is 22.9 Å². The normalized spacial score (nSPS) is 17.6. The number of benzene rings is 1. The molecule has 20 heavy (non-hydrogen) atoms. The van der Waals surface area contributed by atoms with Gasteiger partial charge in [-0.15, -0.1) is 0 Å². The number of fused-ring (bicyclic) bond motifs is 1. The van der Waals surface area contributed by atoms with E-state index in [0.29, 0.717) is 22.0 Å². The lowest BCUT2D eigenvalue weighted by Gasteiger charge is -2.07. The number of carbonyl (C=O) groups excluding carboxylic acids is 1. The molecular weight excluding hydrogens is 319 g/mol. The van der Waals surface area contributed by atoms with Crippen LogP contribution >= 0.6 is 15.9 Å². The molecule has 1 nitrogen and oxygen atoms in total. The summed E-state index contributed by atoms with van der Waals surface area (Å²) >= 11 is 3.26. The van der Waals surface area contributed by atoms with Crippen molar-refractivity contribution in [2.24, 2.45) is 5.92 Å². The van der Waals surface area contributed by atoms with Crippen molar-refractivity contribution in [1.82, 2.24) is 0 Å². The van der Waals surface area contributed by atoms with Gasteiger partial charge in [0.1, 0.15) is 5.82 Å². The van der Waals surface area contributed by atoms with Crippen molar-refractivity contribution in [2.75, 3.05) is 0 Å². The molecule has 0 amide bonds. The van der Waals surface area contributed by atoms with E-state index in [0.717, 1.165) is 12.8 Å². The third-order valence-corrected chi connectivity index (χ3v) is 4.61. The maximum Gasteiger partial charge on any atom is 0.166 e. The Labute approximate surface area is 129 Å². The summed E-state index contributed by atoms with van der Waals surface area (Å²) < 4.78 is 14.5. The number of ketones is 1. The first-order chi connectivity index (χ1) is 9.63. The average Bonchev–Trinajstić information content (AvgIpc) is 2.72. The Kier molecular flexibility index (Phi) is 5.76. The number of hydrogen-bond acceptors (Lipinski definition) is 1. The molecule has 1 aliphatic carbocycles. The zero-order valence-electron chi connectivity index (χ0n) is 12.1. The molecule has 0 bridgehead atoms. The zero-order chi connectivity index (χ0) is 14.5. The Bertz CT molecular complexity index is 484. The Morgan fingerprint density at radius 2 is 1.90 bits per heavy atom. The Morgan fingerprint density at radius 3 is 2.65 bits per heavy atom. The second-order valence-electron chi connectivity index (χ2n) is 5.74. The predicted octanol–water partition coefficient (Wildman–Crippen LogP) is 5.69. The average molecular weight is 341 g/mol. The van der Waals surface area contributed by atoms with Gasteiger partial charge in [-0.3, -0.25) is 4.79 Å². The first-order valence-corrected chi connectivity index (χ1v) is 8.45. The molecule has 0 radical (unpaired) electrons. The maximum absolute atomic E-state index is 13.8. The summed E-state index contributed by atoms with van der Waals surface area (Å²) in [5, 5.41) is 0. The molecule has 1 aliphatic rings. The summed E-state index contributed by atoms with van der Waals surface area (Å²) in [4.78, 5) is 12.3. The van der Waals surface area contributed by atoms with Crippen molar-refractivity contribution in [3.05, 3.63) is 33.5 Å². The molecule has 0 N–H and O–H groups in total. The third-order valence-electron chi connectivity index (χ3n) is 4.15. The molecule has 0 heterocycles. The van der Waals surface area contributed by atoms with Crippen LogP contribution in [0.4, 0.5) is 4.39 Å². The van der Waals surface area contributed by atoms with Gasteiger partial charge in [-0.25, -0.2) is 4.39 Å². The highest BCUT2D eigenvalue weighted by Gasteiger charge is 2.32. The fourth-order valence-electron chi connectivity index (χ4n) is 2.99. The molecule has 1 aromatic rings. The molecular formula is C17H22BrFO. The SMILES string of the molecule is CCCCCCCCC1Cc2c(F)cc(Br)cc2C1=O. The number of carbonyl (C=O) groups is 1. The highest BCUT2D eigenvalue weighted by Crippen LogP contribution is 2.34. The minimum Gasteiger partial charge on any atom is -0.294 e. The maximum atomic E-state index is 13.8. The van der Waals surface area contributed by atoms with Crippen molar-refractivity contribution < 1.29 is 9.18 Å². The Morgan fingerprint density at radius 1 is 1.20 bits per heavy atom. The van der Waals surface area contributed by atoms with E-state index >= 15 is 0 Å². The van der Waals surface area contributed by atoms with E-state index in [4.69, 9.17) is 0 Å². The summed E-state index contributed by atoms with van der Waals surface area (Å²) in [5.74, 6) is -0.109. The van der Waals surface area contributed by atoms with E-state index in [1.807, 2.05) is 0 Å². The van der Waals surface area contributed by atoms with Gasteiger partial charge in [-0.2, -0.15) is 0 Å². The van der Waals surface area contributed by atoms with Crippen LogP contribution in [0, 0.1) is 11.7 Å². The molecule has 0 aromatic heterocycles. The predicted molar refractivity (Wildman–Crippen MR) is 83.6 cm³/mol. The van der Waals surface area contributed by atoms with Crippen LogP contribution in [0.15, 0.2) is 16.6 Å². The van der Waals surface area contributed by atoms with Crippen LogP contribution in [0.2, 0.25) is 0 Å². The lowest BCUT2D eigenvalue weighted by atomic mass is 9.97. The standard InChI is InChI=1S/C17H22BrFO/c1-2-3-4-5-6-7-8-12-9-14-15(17(12)20)10-13(18)11-16(14)19/h10-12H,2-9H2,1H3. The molecule has 3 heteroatoms. The van der Waals surface area contributed by atoms with Gasteiger partial charge in [-0.05, 0) is 30.5 Å². The van der Waals surface area contributed by atoms with Crippen LogP contribution in [0.1, 0.15) is 67.8 Å². The second-order valence-corrected chi connectivity index (χ2v) is 6.65. The Hall–Kier alpha value is -0.700. The number of halogens is 2. The van der Waals surface area contributed by atoms with Crippen LogP contribution < -0.4 is 0 Å². The molecule has 0 saturated heterocycles. The van der Waals surface area contributed by atoms with Crippen molar-refractivity contribution >= 4 is 21.7 Å². The molecule has 110 valence electrons. The number of hydrogen-bond donors (Lipinski definition) is 0. The van der Waals surface area contributed by atoms with Gasteiger partial charge >= 0.3 is 0 Å². The van der Waals surface area contributed by atoms with Crippen LogP contribution in [-0.4, -0.2) is 5.78 Å². The molecule has 0 aliphatic heterocycles. The minimum absolute atomic E-state index is 0.0000230. The molecule has 1 aromatic carbocycles. The number of Topliss-reactive ketones (excluding diaryl/α,β-unsaturated/α-hetero) is 1. The van der Waals surface area contributed by atoms with Crippen LogP contribution in [0.3, 0.4) is 0 Å². The quantitative estimate of drug-likeness (QED) is 0.582. The topological polar surface area (TPSA) is 17.1 Å². The van der Waals surface area contributed by atoms with Gasteiger partial charge in [0.05, 0.1) is 0 Å². The molecule has 0 fully saturated rings. The van der Waals surface area contributed by atoms with Crippen molar-refractivity contribution in [3.8, 4) is 0 Å². The monoisotopic (exact) mass is 340 g/mol. The van der Waals surface area contributed by atoms with Gasteiger partial charge < -0.3 is 0 Å². The first-order valence-electron chi connectivity index (χ1n) is 7.65. The number of rotatable bonds is 7. The third kappa shape index (κ3) is 3.69. The van der Waals surface area contributed by atoms with Crippen molar-refractivity contribution in [3.63, 3.8) is 0 Å². The summed E-state index contributed by atoms with van der Waals surface area (Å²) in [6.07, 6.45) is 8.85. The van der Waals surface area contributed by atoms with Gasteiger partial charge in [0.2, 0.25) is 0 Å². The summed E-state index contributed by atoms with van der Waals surface area (Å²) in [6.45, 7) is 2.21. The zero-order valence-corrected chi connectivity index (χ0v) is 13.6. The first kappa shape index (κ1) is 15.7. The lowest BCUT2D eigenvalue weighted by molar-refractivity contribution is 0.0929. The van der Waals surface area contributed by atoms with E-state index < -0.39 is 0 Å². The molecule has 2 rings (SSSR count). The second kappa shape index (κ2) is 7.35. The van der Waals surface area contributed by atoms with Gasteiger partial charge in [0, 0.05) is 16.0 Å². The smallest absolute Gasteiger partial charge is 0.166 e. The fraction of sp³-hybridized carbons (Fsp3) is 0.588. The highest BCUT2D eigenvalue weighted by atomic mass is 79.9. The fourth-order valence-corrected chi connectivity index (χ4v) is 3.42. The Balaban J connectivity index is 1.85. The van der Waals surface area contributed by atoms with Crippen LogP contribution in [0.5, 0.6) is 0 Å². The van der Waals surface area contributed by atoms with Crippen LogP contribution in [0.25, 0.3) is 0 Å². The minimum atomic E-state index is -0.242. The van der Waals surface area contributed by atoms with Gasteiger partial charge in [0.25, 0.3) is 0 Å². The van der Waals surface area contributed by atoms with Gasteiger partial charge in [0.15, 0.2) is 5.78 Å². The molecule has 1 atom stereocenters. The van der Waals surface area contributed by atoms with Crippen LogP contribution in [-0.2, 0) is 6.42 Å². The summed E-state index contributed by atoms with van der Waals surface area (Å²) in [5.41, 5.74) is 1.21. The molecule has 0 spiro atoms. The lowest BCUT2D eigenvalue weighted by Crippen LogP contribution is -2.08. The van der Waals surface area contributed by atoms with E-state index in [-0.39, 0.29) is 17.5 Å². The molecule has 0 saturated carbocycles. The highest BCUT2D eigenvalue weighted by molar-refractivity contribution is 9.10. The van der Waals surface area contributed by atoms with Crippen molar-refractivity contribution in [1.29, 1.82) is 0 Å². The largest absolute Gasteiger partial charge is 0.294 e. The summed E-state index contributed by atoms with van der Waals surface area (Å²) in [6, 6.07) is 3.22. The van der Waals surface area contributed by atoms with Crippen molar-refractivity contribution in [2.45, 2.75) is 58.3 Å². The molecule has 1 unspecified atom stereocenters. The summed E-state index contributed by atoms with van der Waals surface area (Å²) in [7, 11) is 0. The van der Waals surface area contributed by atoms with E-state index in [1.54, 1.807) is 6.07 Å². The van der Waals surface area contributed by atoms with Gasteiger partial charge in [-0.1, -0.05) is 61.4 Å². The number of unbranched alkanes of at least 4 members (excludes halogenated alkanes) is 5. The van der Waals surface area contributed by atoms with E-state index in [9.17, 15) is 9.18 Å². The van der Waals surface area contributed by atoms with E-state index in [1.165, 1.54) is 38.2 Å².